The van der Waals surface area contributed by atoms with Gasteiger partial charge in [-0.15, -0.1) is 0 Å². The van der Waals surface area contributed by atoms with E-state index in [2.05, 4.69) is 39.6 Å². The quantitative estimate of drug-likeness (QED) is 0.427. The Morgan fingerprint density at radius 3 is 2.68 bits per heavy atom. The molecule has 116 valence electrons. The van der Waals surface area contributed by atoms with Gasteiger partial charge in [0.1, 0.15) is 5.15 Å². The van der Waals surface area contributed by atoms with Gasteiger partial charge in [0.25, 0.3) is 0 Å². The zero-order valence-corrected chi connectivity index (χ0v) is 13.6. The van der Waals surface area contributed by atoms with Crippen molar-refractivity contribution in [3.63, 3.8) is 0 Å². The molecule has 1 aromatic carbocycles. The van der Waals surface area contributed by atoms with Crippen LogP contribution >= 0.6 is 11.6 Å². The van der Waals surface area contributed by atoms with E-state index >= 15 is 0 Å². The molecule has 2 aromatic rings. The molecular formula is C17H21ClN4. The lowest BCUT2D eigenvalue weighted by atomic mass is 10.0. The van der Waals surface area contributed by atoms with E-state index in [1.54, 1.807) is 6.20 Å². The van der Waals surface area contributed by atoms with Crippen LogP contribution < -0.4 is 5.43 Å². The highest BCUT2D eigenvalue weighted by Gasteiger charge is 2.04. The summed E-state index contributed by atoms with van der Waals surface area (Å²) < 4.78 is 0. The smallest absolute Gasteiger partial charge is 0.166 e. The SMILES string of the molecule is CCCCCC/C(=N/Nc1cncc(Cl)n1)c1ccccc1. The highest BCUT2D eigenvalue weighted by atomic mass is 35.5. The standard InChI is InChI=1S/C17H21ClN4/c1-2-3-4-8-11-15(14-9-6-5-7-10-14)21-22-17-13-19-12-16(18)20-17/h5-7,9-10,12-13H,2-4,8,11H2,1H3,(H,20,22)/b21-15-. The minimum absolute atomic E-state index is 0.351. The highest BCUT2D eigenvalue weighted by molar-refractivity contribution is 6.29. The van der Waals surface area contributed by atoms with E-state index < -0.39 is 0 Å². The Morgan fingerprint density at radius 2 is 1.95 bits per heavy atom. The molecule has 22 heavy (non-hydrogen) atoms. The van der Waals surface area contributed by atoms with E-state index in [1.807, 2.05) is 18.2 Å². The van der Waals surface area contributed by atoms with Crippen molar-refractivity contribution in [1.82, 2.24) is 9.97 Å². The summed E-state index contributed by atoms with van der Waals surface area (Å²) in [6.07, 6.45) is 8.88. The van der Waals surface area contributed by atoms with Crippen LogP contribution in [0.3, 0.4) is 0 Å². The molecule has 0 bridgehead atoms. The summed E-state index contributed by atoms with van der Waals surface area (Å²) in [5.41, 5.74) is 5.11. The second kappa shape index (κ2) is 9.15. The molecule has 0 aliphatic rings. The second-order valence-electron chi connectivity index (χ2n) is 5.07. The molecule has 0 aliphatic heterocycles. The fourth-order valence-corrected chi connectivity index (χ4v) is 2.28. The van der Waals surface area contributed by atoms with Crippen LogP contribution in [0, 0.1) is 0 Å². The lowest BCUT2D eigenvalue weighted by molar-refractivity contribution is 0.683. The first-order valence-electron chi connectivity index (χ1n) is 7.65. The molecule has 1 N–H and O–H groups in total. The van der Waals surface area contributed by atoms with E-state index in [0.717, 1.165) is 24.1 Å². The fourth-order valence-electron chi connectivity index (χ4n) is 2.14. The van der Waals surface area contributed by atoms with Gasteiger partial charge < -0.3 is 0 Å². The van der Waals surface area contributed by atoms with E-state index in [1.165, 1.54) is 25.5 Å². The van der Waals surface area contributed by atoms with Gasteiger partial charge in [-0.05, 0) is 18.4 Å². The molecule has 4 nitrogen and oxygen atoms in total. The average Bonchev–Trinajstić information content (AvgIpc) is 2.55. The van der Waals surface area contributed by atoms with Crippen molar-refractivity contribution in [2.45, 2.75) is 39.0 Å². The van der Waals surface area contributed by atoms with Gasteiger partial charge >= 0.3 is 0 Å². The van der Waals surface area contributed by atoms with Gasteiger partial charge in [-0.3, -0.25) is 10.4 Å². The van der Waals surface area contributed by atoms with Crippen LogP contribution in [-0.2, 0) is 0 Å². The number of hydrogen-bond acceptors (Lipinski definition) is 4. The zero-order valence-electron chi connectivity index (χ0n) is 12.8. The Labute approximate surface area is 136 Å². The number of nitrogens with one attached hydrogen (secondary N) is 1. The minimum Gasteiger partial charge on any atom is -0.260 e. The van der Waals surface area contributed by atoms with Crippen LogP contribution in [0.4, 0.5) is 5.82 Å². The first-order chi connectivity index (χ1) is 10.8. The number of unbranched alkanes of at least 4 members (excludes halogenated alkanes) is 3. The first kappa shape index (κ1) is 16.4. The van der Waals surface area contributed by atoms with Crippen molar-refractivity contribution in [3.8, 4) is 0 Å². The third-order valence-corrected chi connectivity index (χ3v) is 3.47. The van der Waals surface area contributed by atoms with Crippen molar-refractivity contribution in [3.05, 3.63) is 53.4 Å². The Bertz CT molecular complexity index is 599. The van der Waals surface area contributed by atoms with E-state index in [0.29, 0.717) is 11.0 Å². The maximum Gasteiger partial charge on any atom is 0.166 e. The number of nitrogens with zero attached hydrogens (tertiary/aromatic N) is 3. The molecule has 0 atom stereocenters. The summed E-state index contributed by atoms with van der Waals surface area (Å²) >= 11 is 5.83. The third-order valence-electron chi connectivity index (χ3n) is 3.28. The van der Waals surface area contributed by atoms with Crippen molar-refractivity contribution >= 4 is 23.1 Å². The molecule has 0 fully saturated rings. The number of benzene rings is 1. The topological polar surface area (TPSA) is 50.2 Å². The summed E-state index contributed by atoms with van der Waals surface area (Å²) in [5.74, 6) is 0.550. The lowest BCUT2D eigenvalue weighted by Crippen LogP contribution is -2.05. The molecular weight excluding hydrogens is 296 g/mol. The maximum atomic E-state index is 5.83. The van der Waals surface area contributed by atoms with E-state index in [9.17, 15) is 0 Å². The number of hydrazone groups is 1. The first-order valence-corrected chi connectivity index (χ1v) is 8.03. The molecule has 0 spiro atoms. The fraction of sp³-hybridized carbons (Fsp3) is 0.353. The predicted molar refractivity (Wildman–Crippen MR) is 92.4 cm³/mol. The number of anilines is 1. The second-order valence-corrected chi connectivity index (χ2v) is 5.46. The van der Waals surface area contributed by atoms with Crippen molar-refractivity contribution in [1.29, 1.82) is 0 Å². The number of rotatable bonds is 8. The predicted octanol–water partition coefficient (Wildman–Crippen LogP) is 4.92. The summed E-state index contributed by atoms with van der Waals surface area (Å²) in [7, 11) is 0. The number of aromatic nitrogens is 2. The van der Waals surface area contributed by atoms with Crippen molar-refractivity contribution in [2.75, 3.05) is 5.43 Å². The molecule has 0 aliphatic carbocycles. The van der Waals surface area contributed by atoms with Crippen molar-refractivity contribution in [2.24, 2.45) is 5.10 Å². The number of hydrogen-bond donors (Lipinski definition) is 1. The molecule has 1 heterocycles. The van der Waals surface area contributed by atoms with Crippen LogP contribution in [0.15, 0.2) is 47.8 Å². The molecule has 2 rings (SSSR count). The number of halogens is 1. The molecule has 0 unspecified atom stereocenters. The van der Waals surface area contributed by atoms with Crippen LogP contribution in [0.5, 0.6) is 0 Å². The maximum absolute atomic E-state index is 5.83. The summed E-state index contributed by atoms with van der Waals surface area (Å²) in [4.78, 5) is 8.13. The average molecular weight is 317 g/mol. The Hall–Kier alpha value is -1.94. The molecule has 0 saturated heterocycles. The Morgan fingerprint density at radius 1 is 1.14 bits per heavy atom. The Kier molecular flexibility index (Phi) is 6.84. The van der Waals surface area contributed by atoms with Gasteiger partial charge in [-0.2, -0.15) is 5.10 Å². The highest BCUT2D eigenvalue weighted by Crippen LogP contribution is 2.12. The molecule has 0 saturated carbocycles. The van der Waals surface area contributed by atoms with Crippen LogP contribution in [0.25, 0.3) is 0 Å². The third kappa shape index (κ3) is 5.45. The molecule has 1 aromatic heterocycles. The van der Waals surface area contributed by atoms with Crippen LogP contribution in [-0.4, -0.2) is 15.7 Å². The van der Waals surface area contributed by atoms with Gasteiger partial charge in [0.15, 0.2) is 5.82 Å². The van der Waals surface area contributed by atoms with Gasteiger partial charge in [-0.25, -0.2) is 4.98 Å². The zero-order chi connectivity index (χ0) is 15.6. The van der Waals surface area contributed by atoms with E-state index in [-0.39, 0.29) is 0 Å². The van der Waals surface area contributed by atoms with Crippen LogP contribution in [0.2, 0.25) is 5.15 Å². The largest absolute Gasteiger partial charge is 0.260 e. The lowest BCUT2D eigenvalue weighted by Gasteiger charge is -2.08. The monoisotopic (exact) mass is 316 g/mol. The van der Waals surface area contributed by atoms with Crippen molar-refractivity contribution < 1.29 is 0 Å². The molecule has 0 amide bonds. The summed E-state index contributed by atoms with van der Waals surface area (Å²) in [6.45, 7) is 2.21. The normalized spacial score (nSPS) is 11.5. The van der Waals surface area contributed by atoms with Gasteiger partial charge in [-0.1, -0.05) is 68.1 Å². The van der Waals surface area contributed by atoms with E-state index in [4.69, 9.17) is 11.6 Å². The minimum atomic E-state index is 0.351. The molecule has 0 radical (unpaired) electrons. The molecule has 5 heteroatoms. The summed E-state index contributed by atoms with van der Waals surface area (Å²) in [6, 6.07) is 10.2. The van der Waals surface area contributed by atoms with Gasteiger partial charge in [0.2, 0.25) is 0 Å². The van der Waals surface area contributed by atoms with Gasteiger partial charge in [0, 0.05) is 0 Å². The summed E-state index contributed by atoms with van der Waals surface area (Å²) in [5, 5.41) is 4.86. The van der Waals surface area contributed by atoms with Gasteiger partial charge in [0.05, 0.1) is 18.1 Å². The Balaban J connectivity index is 2.07. The van der Waals surface area contributed by atoms with Crippen LogP contribution in [0.1, 0.15) is 44.6 Å².